The van der Waals surface area contributed by atoms with Crippen molar-refractivity contribution in [2.24, 2.45) is 17.8 Å². The first-order valence-corrected chi connectivity index (χ1v) is 11.0. The van der Waals surface area contributed by atoms with Gasteiger partial charge in [0.25, 0.3) is 0 Å². The number of benzene rings is 1. The van der Waals surface area contributed by atoms with E-state index in [-0.39, 0.29) is 12.4 Å². The molecule has 0 N–H and O–H groups in total. The van der Waals surface area contributed by atoms with Gasteiger partial charge in [-0.15, -0.1) is 0 Å². The lowest BCUT2D eigenvalue weighted by atomic mass is 9.68. The predicted molar refractivity (Wildman–Crippen MR) is 108 cm³/mol. The van der Waals surface area contributed by atoms with Crippen LogP contribution in [-0.2, 0) is 0 Å². The molecule has 0 unspecified atom stereocenters. The SMILES string of the molecule is FCCCC=C[C@H]1CC[C@H]([C@H]2CC[C@H](c3ccc(OC(F)F)c(F)c3)CC2)CC1. The fourth-order valence-corrected chi connectivity index (χ4v) is 5.18. The highest BCUT2D eigenvalue weighted by molar-refractivity contribution is 5.31. The van der Waals surface area contributed by atoms with Crippen LogP contribution in [0.3, 0.4) is 0 Å². The minimum absolute atomic E-state index is 0.236. The molecule has 0 aliphatic heterocycles. The summed E-state index contributed by atoms with van der Waals surface area (Å²) >= 11 is 0. The van der Waals surface area contributed by atoms with E-state index < -0.39 is 12.4 Å². The molecule has 1 aromatic carbocycles. The third-order valence-corrected chi connectivity index (χ3v) is 6.81. The van der Waals surface area contributed by atoms with Crippen LogP contribution in [0.1, 0.15) is 75.7 Å². The molecule has 0 amide bonds. The Labute approximate surface area is 171 Å². The first kappa shape index (κ1) is 22.2. The average molecular weight is 413 g/mol. The van der Waals surface area contributed by atoms with Crippen LogP contribution >= 0.6 is 0 Å². The summed E-state index contributed by atoms with van der Waals surface area (Å²) in [6.45, 7) is -3.24. The summed E-state index contributed by atoms with van der Waals surface area (Å²) in [5.74, 6) is 1.39. The maximum absolute atomic E-state index is 14.0. The van der Waals surface area contributed by atoms with Gasteiger partial charge in [-0.25, -0.2) is 4.39 Å². The number of rotatable bonds is 8. The minimum atomic E-state index is -3.01. The Bertz CT molecular complexity index is 644. The molecule has 0 saturated heterocycles. The molecule has 1 aromatic rings. The lowest BCUT2D eigenvalue weighted by Gasteiger charge is -2.37. The first-order valence-electron chi connectivity index (χ1n) is 11.0. The molecule has 0 heterocycles. The van der Waals surface area contributed by atoms with Crippen molar-refractivity contribution in [2.45, 2.75) is 76.7 Å². The molecule has 2 aliphatic carbocycles. The molecule has 2 fully saturated rings. The van der Waals surface area contributed by atoms with Gasteiger partial charge in [0.05, 0.1) is 6.67 Å². The number of hydrogen-bond donors (Lipinski definition) is 0. The van der Waals surface area contributed by atoms with Crippen LogP contribution in [0.5, 0.6) is 5.75 Å². The zero-order valence-corrected chi connectivity index (χ0v) is 17.0. The van der Waals surface area contributed by atoms with Crippen molar-refractivity contribution in [3.63, 3.8) is 0 Å². The van der Waals surface area contributed by atoms with Crippen LogP contribution < -0.4 is 4.74 Å². The van der Waals surface area contributed by atoms with E-state index in [0.717, 1.165) is 49.5 Å². The number of allylic oxidation sites excluding steroid dienone is 2. The van der Waals surface area contributed by atoms with Crippen molar-refractivity contribution >= 4 is 0 Å². The summed E-state index contributed by atoms with van der Waals surface area (Å²) in [6.07, 6.45) is 15.3. The van der Waals surface area contributed by atoms with Gasteiger partial charge in [-0.2, -0.15) is 8.78 Å². The number of halogens is 4. The molecule has 3 rings (SSSR count). The molecule has 162 valence electrons. The van der Waals surface area contributed by atoms with E-state index in [0.29, 0.717) is 18.3 Å². The first-order chi connectivity index (χ1) is 14.1. The molecule has 2 aliphatic rings. The highest BCUT2D eigenvalue weighted by Gasteiger charge is 2.31. The van der Waals surface area contributed by atoms with Gasteiger partial charge in [0.2, 0.25) is 0 Å². The van der Waals surface area contributed by atoms with Crippen LogP contribution in [0.25, 0.3) is 0 Å². The Morgan fingerprint density at radius 1 is 0.966 bits per heavy atom. The third kappa shape index (κ3) is 6.48. The molecular weight excluding hydrogens is 380 g/mol. The number of ether oxygens (including phenoxy) is 1. The van der Waals surface area contributed by atoms with Gasteiger partial charge >= 0.3 is 6.61 Å². The van der Waals surface area contributed by atoms with E-state index in [9.17, 15) is 17.6 Å². The van der Waals surface area contributed by atoms with Crippen molar-refractivity contribution in [1.29, 1.82) is 0 Å². The van der Waals surface area contributed by atoms with Crippen LogP contribution in [0.2, 0.25) is 0 Å². The monoisotopic (exact) mass is 412 g/mol. The van der Waals surface area contributed by atoms with Gasteiger partial charge in [-0.05, 0) is 106 Å². The maximum atomic E-state index is 14.0. The Balaban J connectivity index is 1.44. The fourth-order valence-electron chi connectivity index (χ4n) is 5.18. The molecule has 0 radical (unpaired) electrons. The van der Waals surface area contributed by atoms with Gasteiger partial charge < -0.3 is 4.74 Å². The van der Waals surface area contributed by atoms with E-state index in [1.165, 1.54) is 37.8 Å². The fraction of sp³-hybridized carbons (Fsp3) is 0.667. The van der Waals surface area contributed by atoms with Crippen molar-refractivity contribution < 1.29 is 22.3 Å². The van der Waals surface area contributed by atoms with Crippen molar-refractivity contribution in [1.82, 2.24) is 0 Å². The smallest absolute Gasteiger partial charge is 0.387 e. The highest BCUT2D eigenvalue weighted by Crippen LogP contribution is 2.44. The molecular formula is C24H32F4O. The number of hydrogen-bond acceptors (Lipinski definition) is 1. The molecule has 0 spiro atoms. The Morgan fingerprint density at radius 2 is 1.62 bits per heavy atom. The predicted octanol–water partition coefficient (Wildman–Crippen LogP) is 7.81. The zero-order chi connectivity index (χ0) is 20.6. The van der Waals surface area contributed by atoms with E-state index in [2.05, 4.69) is 16.9 Å². The average Bonchev–Trinajstić information content (AvgIpc) is 2.73. The van der Waals surface area contributed by atoms with Crippen LogP contribution in [0, 0.1) is 23.6 Å². The van der Waals surface area contributed by atoms with E-state index >= 15 is 0 Å². The standard InChI is InChI=1S/C24H32F4O/c25-15-3-1-2-4-17-5-7-18(8-6-17)19-9-11-20(12-10-19)21-13-14-23(22(26)16-21)29-24(27)28/h2,4,13-14,16-20,24H,1,3,5-12,15H2/t17-,18-,19-,20-. The second-order valence-electron chi connectivity index (χ2n) is 8.61. The Morgan fingerprint density at radius 3 is 2.21 bits per heavy atom. The molecule has 0 aromatic heterocycles. The van der Waals surface area contributed by atoms with Crippen molar-refractivity contribution in [2.75, 3.05) is 6.67 Å². The largest absolute Gasteiger partial charge is 0.432 e. The maximum Gasteiger partial charge on any atom is 0.387 e. The van der Waals surface area contributed by atoms with Gasteiger partial charge in [-0.3, -0.25) is 4.39 Å². The topological polar surface area (TPSA) is 9.23 Å². The summed E-state index contributed by atoms with van der Waals surface area (Å²) in [7, 11) is 0. The Hall–Kier alpha value is -1.52. The summed E-state index contributed by atoms with van der Waals surface area (Å²) in [6, 6.07) is 4.42. The molecule has 0 bridgehead atoms. The van der Waals surface area contributed by atoms with Crippen LogP contribution in [-0.4, -0.2) is 13.3 Å². The second-order valence-corrected chi connectivity index (χ2v) is 8.61. The van der Waals surface area contributed by atoms with E-state index in [4.69, 9.17) is 0 Å². The normalized spacial score (nSPS) is 28.2. The molecule has 29 heavy (non-hydrogen) atoms. The van der Waals surface area contributed by atoms with Crippen LogP contribution in [0.15, 0.2) is 30.4 Å². The molecule has 2 saturated carbocycles. The number of alkyl halides is 3. The zero-order valence-electron chi connectivity index (χ0n) is 17.0. The van der Waals surface area contributed by atoms with Gasteiger partial charge in [0.1, 0.15) is 0 Å². The third-order valence-electron chi connectivity index (χ3n) is 6.81. The summed E-state index contributed by atoms with van der Waals surface area (Å²) in [5.41, 5.74) is 0.893. The van der Waals surface area contributed by atoms with Gasteiger partial charge in [0.15, 0.2) is 11.6 Å². The van der Waals surface area contributed by atoms with Gasteiger partial charge in [-0.1, -0.05) is 18.2 Å². The summed E-state index contributed by atoms with van der Waals surface area (Å²) < 4.78 is 54.9. The minimum Gasteiger partial charge on any atom is -0.432 e. The second kappa shape index (κ2) is 11.0. The highest BCUT2D eigenvalue weighted by atomic mass is 19.3. The Kier molecular flexibility index (Phi) is 8.43. The summed E-state index contributed by atoms with van der Waals surface area (Å²) in [4.78, 5) is 0. The molecule has 5 heteroatoms. The van der Waals surface area contributed by atoms with E-state index in [1.54, 1.807) is 6.07 Å². The summed E-state index contributed by atoms with van der Waals surface area (Å²) in [5, 5.41) is 0. The number of unbranched alkanes of at least 4 members (excludes halogenated alkanes) is 1. The van der Waals surface area contributed by atoms with Crippen LogP contribution in [0.4, 0.5) is 17.6 Å². The van der Waals surface area contributed by atoms with Crippen molar-refractivity contribution in [3.8, 4) is 5.75 Å². The van der Waals surface area contributed by atoms with Crippen molar-refractivity contribution in [3.05, 3.63) is 41.7 Å². The lowest BCUT2D eigenvalue weighted by Crippen LogP contribution is -2.25. The molecule has 0 atom stereocenters. The molecule has 1 nitrogen and oxygen atoms in total. The van der Waals surface area contributed by atoms with E-state index in [1.807, 2.05) is 0 Å². The lowest BCUT2D eigenvalue weighted by molar-refractivity contribution is -0.0522. The quantitative estimate of drug-likeness (QED) is 0.240. The van der Waals surface area contributed by atoms with Gasteiger partial charge in [0, 0.05) is 0 Å².